The van der Waals surface area contributed by atoms with E-state index in [1.54, 1.807) is 0 Å². The van der Waals surface area contributed by atoms with Crippen molar-refractivity contribution in [3.63, 3.8) is 0 Å². The van der Waals surface area contributed by atoms with Crippen molar-refractivity contribution in [2.45, 2.75) is 69.0 Å². The molecule has 2 atom stereocenters. The third-order valence-electron chi connectivity index (χ3n) is 3.60. The highest BCUT2D eigenvalue weighted by Gasteiger charge is 2.29. The molecule has 0 aromatic heterocycles. The first-order valence-electron chi connectivity index (χ1n) is 7.85. The van der Waals surface area contributed by atoms with Gasteiger partial charge in [0.1, 0.15) is 6.10 Å². The standard InChI is InChI=1S/C17H24O3S/c1-2-3-4-6-9-14-12-15(20-19-14)13-17(18)21-16-10-7-5-8-11-16/h5,7-8,10-11,14-15H,2-4,6,9,12-13H2,1H3/t14-,15-/m1/s1. The molecule has 0 saturated carbocycles. The van der Waals surface area contributed by atoms with Gasteiger partial charge in [0.25, 0.3) is 0 Å². The Morgan fingerprint density at radius 2 is 1.90 bits per heavy atom. The van der Waals surface area contributed by atoms with Gasteiger partial charge in [0.2, 0.25) is 0 Å². The van der Waals surface area contributed by atoms with Crippen LogP contribution in [-0.4, -0.2) is 17.3 Å². The highest BCUT2D eigenvalue weighted by atomic mass is 32.2. The number of hydrogen-bond acceptors (Lipinski definition) is 4. The Balaban J connectivity index is 1.64. The van der Waals surface area contributed by atoms with Crippen LogP contribution in [0.4, 0.5) is 0 Å². The van der Waals surface area contributed by atoms with Gasteiger partial charge in [0.15, 0.2) is 5.12 Å². The molecule has 0 amide bonds. The zero-order valence-electron chi connectivity index (χ0n) is 12.6. The Morgan fingerprint density at radius 1 is 1.14 bits per heavy atom. The van der Waals surface area contributed by atoms with Crippen molar-refractivity contribution in [1.29, 1.82) is 0 Å². The molecule has 116 valence electrons. The fourth-order valence-corrected chi connectivity index (χ4v) is 3.28. The first kappa shape index (κ1) is 16.5. The molecule has 3 nitrogen and oxygen atoms in total. The van der Waals surface area contributed by atoms with E-state index in [2.05, 4.69) is 6.92 Å². The minimum atomic E-state index is -0.0788. The number of unbranched alkanes of at least 4 members (excludes halogenated alkanes) is 3. The number of carbonyl (C=O) groups is 1. The van der Waals surface area contributed by atoms with E-state index in [1.165, 1.54) is 37.4 Å². The van der Waals surface area contributed by atoms with Gasteiger partial charge < -0.3 is 0 Å². The lowest BCUT2D eigenvalue weighted by Crippen LogP contribution is -2.11. The highest BCUT2D eigenvalue weighted by Crippen LogP contribution is 2.27. The van der Waals surface area contributed by atoms with Crippen LogP contribution in [0.1, 0.15) is 51.9 Å². The highest BCUT2D eigenvalue weighted by molar-refractivity contribution is 8.13. The van der Waals surface area contributed by atoms with Crippen LogP contribution in [0.15, 0.2) is 35.2 Å². The lowest BCUT2D eigenvalue weighted by atomic mass is 10.0. The second-order valence-corrected chi connectivity index (χ2v) is 6.64. The van der Waals surface area contributed by atoms with Crippen molar-refractivity contribution >= 4 is 16.9 Å². The number of rotatable bonds is 8. The summed E-state index contributed by atoms with van der Waals surface area (Å²) in [6.45, 7) is 2.21. The number of benzene rings is 1. The Bertz CT molecular complexity index is 421. The predicted molar refractivity (Wildman–Crippen MR) is 85.0 cm³/mol. The van der Waals surface area contributed by atoms with E-state index in [0.717, 1.165) is 17.7 Å². The number of thioether (sulfide) groups is 1. The van der Waals surface area contributed by atoms with Crippen molar-refractivity contribution in [3.8, 4) is 0 Å². The Morgan fingerprint density at radius 3 is 2.67 bits per heavy atom. The Labute approximate surface area is 131 Å². The molecule has 4 heteroatoms. The Kier molecular flexibility index (Phi) is 7.27. The van der Waals surface area contributed by atoms with E-state index >= 15 is 0 Å². The normalized spacial score (nSPS) is 21.6. The Hall–Kier alpha value is -0.840. The molecular weight excluding hydrogens is 284 g/mol. The van der Waals surface area contributed by atoms with Crippen LogP contribution in [0.3, 0.4) is 0 Å². The van der Waals surface area contributed by atoms with Gasteiger partial charge >= 0.3 is 0 Å². The molecule has 0 bridgehead atoms. The summed E-state index contributed by atoms with van der Waals surface area (Å²) in [5.41, 5.74) is 0. The lowest BCUT2D eigenvalue weighted by Gasteiger charge is -2.05. The van der Waals surface area contributed by atoms with Crippen LogP contribution in [-0.2, 0) is 14.6 Å². The average Bonchev–Trinajstić information content (AvgIpc) is 2.92. The monoisotopic (exact) mass is 308 g/mol. The van der Waals surface area contributed by atoms with Crippen LogP contribution in [0, 0.1) is 0 Å². The van der Waals surface area contributed by atoms with Crippen LogP contribution >= 0.6 is 11.8 Å². The molecule has 1 saturated heterocycles. The van der Waals surface area contributed by atoms with Gasteiger partial charge in [0.05, 0.1) is 6.10 Å². The van der Waals surface area contributed by atoms with Crippen molar-refractivity contribution in [3.05, 3.63) is 30.3 Å². The lowest BCUT2D eigenvalue weighted by molar-refractivity contribution is -0.296. The molecule has 0 radical (unpaired) electrons. The van der Waals surface area contributed by atoms with Crippen molar-refractivity contribution in [1.82, 2.24) is 0 Å². The molecule has 1 aliphatic heterocycles. The zero-order valence-corrected chi connectivity index (χ0v) is 13.4. The quantitative estimate of drug-likeness (QED) is 0.394. The minimum absolute atomic E-state index is 0.0788. The van der Waals surface area contributed by atoms with Crippen LogP contribution in [0.2, 0.25) is 0 Å². The van der Waals surface area contributed by atoms with Gasteiger partial charge in [-0.25, -0.2) is 9.78 Å². The number of hydrogen-bond donors (Lipinski definition) is 0. The largest absolute Gasteiger partial charge is 0.287 e. The summed E-state index contributed by atoms with van der Waals surface area (Å²) in [6, 6.07) is 9.73. The molecule has 0 spiro atoms. The van der Waals surface area contributed by atoms with E-state index in [1.807, 2.05) is 30.3 Å². The summed E-state index contributed by atoms with van der Waals surface area (Å²) in [6.07, 6.45) is 7.35. The van der Waals surface area contributed by atoms with Gasteiger partial charge in [-0.2, -0.15) is 0 Å². The maximum Gasteiger partial charge on any atom is 0.196 e. The van der Waals surface area contributed by atoms with Crippen LogP contribution in [0.5, 0.6) is 0 Å². The van der Waals surface area contributed by atoms with Crippen molar-refractivity contribution in [2.75, 3.05) is 0 Å². The van der Waals surface area contributed by atoms with Gasteiger partial charge in [0, 0.05) is 17.7 Å². The molecule has 2 rings (SSSR count). The fourth-order valence-electron chi connectivity index (χ4n) is 2.46. The molecule has 1 aliphatic rings. The molecule has 1 heterocycles. The predicted octanol–water partition coefficient (Wildman–Crippen LogP) is 4.75. The van der Waals surface area contributed by atoms with Gasteiger partial charge in [-0.1, -0.05) is 62.6 Å². The van der Waals surface area contributed by atoms with E-state index in [-0.39, 0.29) is 17.3 Å². The number of carbonyl (C=O) groups excluding carboxylic acids is 1. The summed E-state index contributed by atoms with van der Waals surface area (Å²) in [7, 11) is 0. The minimum Gasteiger partial charge on any atom is -0.287 e. The molecule has 1 fully saturated rings. The van der Waals surface area contributed by atoms with E-state index in [4.69, 9.17) is 9.78 Å². The van der Waals surface area contributed by atoms with E-state index in [0.29, 0.717) is 6.42 Å². The second-order valence-electron chi connectivity index (χ2n) is 5.51. The maximum atomic E-state index is 12.0. The van der Waals surface area contributed by atoms with E-state index < -0.39 is 0 Å². The van der Waals surface area contributed by atoms with Crippen LogP contribution < -0.4 is 0 Å². The molecule has 0 N–H and O–H groups in total. The first-order valence-corrected chi connectivity index (χ1v) is 8.67. The second kappa shape index (κ2) is 9.23. The third-order valence-corrected chi connectivity index (χ3v) is 4.50. The smallest absolute Gasteiger partial charge is 0.196 e. The summed E-state index contributed by atoms with van der Waals surface area (Å²) in [5.74, 6) is 0. The summed E-state index contributed by atoms with van der Waals surface area (Å²) in [5, 5.41) is 0.140. The third kappa shape index (κ3) is 6.20. The molecule has 0 aliphatic carbocycles. The van der Waals surface area contributed by atoms with Crippen molar-refractivity contribution < 1.29 is 14.6 Å². The van der Waals surface area contributed by atoms with E-state index in [9.17, 15) is 4.79 Å². The van der Waals surface area contributed by atoms with Gasteiger partial charge in [-0.05, 0) is 18.6 Å². The zero-order chi connectivity index (χ0) is 14.9. The first-order chi connectivity index (χ1) is 10.3. The molecule has 0 unspecified atom stereocenters. The van der Waals surface area contributed by atoms with Crippen molar-refractivity contribution in [2.24, 2.45) is 0 Å². The molecule has 1 aromatic carbocycles. The topological polar surface area (TPSA) is 35.5 Å². The van der Waals surface area contributed by atoms with Gasteiger partial charge in [-0.15, -0.1) is 0 Å². The summed E-state index contributed by atoms with van der Waals surface area (Å²) in [4.78, 5) is 23.6. The molecular formula is C17H24O3S. The summed E-state index contributed by atoms with van der Waals surface area (Å²) >= 11 is 1.28. The molecule has 1 aromatic rings. The van der Waals surface area contributed by atoms with Gasteiger partial charge in [-0.3, -0.25) is 4.79 Å². The maximum absolute atomic E-state index is 12.0. The molecule has 21 heavy (non-hydrogen) atoms. The fraction of sp³-hybridized carbons (Fsp3) is 0.588. The summed E-state index contributed by atoms with van der Waals surface area (Å²) < 4.78 is 0. The average molecular weight is 308 g/mol. The van der Waals surface area contributed by atoms with Crippen LogP contribution in [0.25, 0.3) is 0 Å². The SMILES string of the molecule is CCCCCC[C@@H]1C[C@H](CC(=O)Sc2ccccc2)OO1.